The summed E-state index contributed by atoms with van der Waals surface area (Å²) in [5, 5.41) is 22.4. The van der Waals surface area contributed by atoms with Crippen molar-refractivity contribution in [2.75, 3.05) is 19.3 Å². The van der Waals surface area contributed by atoms with Crippen molar-refractivity contribution in [2.45, 2.75) is 62.6 Å². The zero-order valence-corrected chi connectivity index (χ0v) is 21.5. The zero-order valence-electron chi connectivity index (χ0n) is 21.5. The monoisotopic (exact) mass is 543 g/mol. The van der Waals surface area contributed by atoms with Crippen molar-refractivity contribution < 1.29 is 23.4 Å². The van der Waals surface area contributed by atoms with E-state index >= 15 is 0 Å². The number of nitrogens with one attached hydrogen (secondary N) is 1. The molecule has 1 aromatic carbocycles. The SMILES string of the molecule is CN(CC1C[C@@H](n2ccc3c(N)ncnc32)[C@H](O)[C@@H]1O)C1CC(CCc2nc3ccc(C(F)(F)F)cc3[nH]2)C1. The van der Waals surface area contributed by atoms with Crippen LogP contribution in [-0.2, 0) is 12.6 Å². The number of aryl methyl sites for hydroxylation is 1. The molecule has 4 aromatic rings. The smallest absolute Gasteiger partial charge is 0.390 e. The first kappa shape index (κ1) is 26.0. The minimum atomic E-state index is -4.37. The van der Waals surface area contributed by atoms with Crippen LogP contribution in [0.15, 0.2) is 36.8 Å². The Morgan fingerprint density at radius 3 is 2.69 bits per heavy atom. The molecular formula is C27H32F3N7O2. The van der Waals surface area contributed by atoms with E-state index in [4.69, 9.17) is 5.73 Å². The van der Waals surface area contributed by atoms with Gasteiger partial charge in [-0.2, -0.15) is 13.2 Å². The third-order valence-electron chi connectivity index (χ3n) is 8.67. The molecule has 12 heteroatoms. The molecule has 0 amide bonds. The molecule has 0 aliphatic heterocycles. The molecule has 0 spiro atoms. The van der Waals surface area contributed by atoms with Gasteiger partial charge in [0.25, 0.3) is 0 Å². The molecule has 4 atom stereocenters. The number of aliphatic hydroxyl groups is 2. The maximum atomic E-state index is 13.0. The number of anilines is 1. The fourth-order valence-electron chi connectivity index (χ4n) is 6.33. The van der Waals surface area contributed by atoms with Gasteiger partial charge < -0.3 is 30.4 Å². The summed E-state index contributed by atoms with van der Waals surface area (Å²) in [6, 6.07) is 5.52. The quantitative estimate of drug-likeness (QED) is 0.281. The van der Waals surface area contributed by atoms with E-state index in [9.17, 15) is 23.4 Å². The van der Waals surface area contributed by atoms with E-state index in [1.807, 2.05) is 16.8 Å². The molecule has 39 heavy (non-hydrogen) atoms. The maximum Gasteiger partial charge on any atom is 0.416 e. The maximum absolute atomic E-state index is 13.0. The number of hydrogen-bond donors (Lipinski definition) is 4. The average molecular weight is 544 g/mol. The Morgan fingerprint density at radius 1 is 1.13 bits per heavy atom. The van der Waals surface area contributed by atoms with Gasteiger partial charge in [-0.3, -0.25) is 0 Å². The lowest BCUT2D eigenvalue weighted by Crippen LogP contribution is -2.46. The van der Waals surface area contributed by atoms with E-state index < -0.39 is 23.9 Å². The number of aliphatic hydroxyl groups excluding tert-OH is 2. The highest BCUT2D eigenvalue weighted by Crippen LogP contribution is 2.40. The fraction of sp³-hybridized carbons (Fsp3) is 0.519. The van der Waals surface area contributed by atoms with Crippen molar-refractivity contribution in [1.29, 1.82) is 0 Å². The molecule has 6 rings (SSSR count). The number of aromatic nitrogens is 5. The molecule has 3 heterocycles. The van der Waals surface area contributed by atoms with Gasteiger partial charge in [0.1, 0.15) is 29.7 Å². The fourth-order valence-corrected chi connectivity index (χ4v) is 6.33. The highest BCUT2D eigenvalue weighted by atomic mass is 19.4. The predicted molar refractivity (Wildman–Crippen MR) is 140 cm³/mol. The summed E-state index contributed by atoms with van der Waals surface area (Å²) in [6.45, 7) is 0.674. The van der Waals surface area contributed by atoms with Gasteiger partial charge in [-0.25, -0.2) is 15.0 Å². The molecule has 208 valence electrons. The zero-order chi connectivity index (χ0) is 27.5. The molecule has 1 unspecified atom stereocenters. The van der Waals surface area contributed by atoms with Crippen LogP contribution in [0.25, 0.3) is 22.1 Å². The topological polar surface area (TPSA) is 129 Å². The van der Waals surface area contributed by atoms with Crippen LogP contribution < -0.4 is 5.73 Å². The van der Waals surface area contributed by atoms with Crippen LogP contribution in [0.1, 0.15) is 43.1 Å². The van der Waals surface area contributed by atoms with Gasteiger partial charge in [0.05, 0.1) is 34.1 Å². The second-order valence-electron chi connectivity index (χ2n) is 11.1. The Hall–Kier alpha value is -3.22. The van der Waals surface area contributed by atoms with E-state index in [0.29, 0.717) is 59.7 Å². The summed E-state index contributed by atoms with van der Waals surface area (Å²) in [5.74, 6) is 1.53. The molecule has 2 fully saturated rings. The largest absolute Gasteiger partial charge is 0.416 e. The van der Waals surface area contributed by atoms with Gasteiger partial charge >= 0.3 is 6.18 Å². The van der Waals surface area contributed by atoms with Crippen molar-refractivity contribution >= 4 is 27.9 Å². The van der Waals surface area contributed by atoms with E-state index in [1.54, 1.807) is 0 Å². The molecule has 2 saturated carbocycles. The summed E-state index contributed by atoms with van der Waals surface area (Å²) < 4.78 is 40.8. The van der Waals surface area contributed by atoms with E-state index in [1.165, 1.54) is 12.4 Å². The number of fused-ring (bicyclic) bond motifs is 2. The average Bonchev–Trinajstić information content (AvgIpc) is 3.54. The van der Waals surface area contributed by atoms with Crippen LogP contribution in [0.3, 0.4) is 0 Å². The van der Waals surface area contributed by atoms with E-state index in [0.717, 1.165) is 36.8 Å². The summed E-state index contributed by atoms with van der Waals surface area (Å²) >= 11 is 0. The third-order valence-corrected chi connectivity index (χ3v) is 8.67. The molecule has 5 N–H and O–H groups in total. The second-order valence-corrected chi connectivity index (χ2v) is 11.1. The summed E-state index contributed by atoms with van der Waals surface area (Å²) in [7, 11) is 2.06. The molecule has 0 radical (unpaired) electrons. The minimum Gasteiger partial charge on any atom is -0.390 e. The van der Waals surface area contributed by atoms with Crippen LogP contribution >= 0.6 is 0 Å². The molecule has 0 bridgehead atoms. The molecular weight excluding hydrogens is 511 g/mol. The van der Waals surface area contributed by atoms with E-state index in [-0.39, 0.29) is 12.0 Å². The lowest BCUT2D eigenvalue weighted by molar-refractivity contribution is -0.137. The predicted octanol–water partition coefficient (Wildman–Crippen LogP) is 3.53. The number of alkyl halides is 3. The summed E-state index contributed by atoms with van der Waals surface area (Å²) in [4.78, 5) is 18.1. The Kier molecular flexibility index (Phi) is 6.51. The van der Waals surface area contributed by atoms with Gasteiger partial charge in [-0.05, 0) is 62.9 Å². The Balaban J connectivity index is 1.01. The number of imidazole rings is 1. The summed E-state index contributed by atoms with van der Waals surface area (Å²) in [6.07, 6.45) is 1.39. The number of nitrogens with zero attached hydrogens (tertiary/aromatic N) is 5. The van der Waals surface area contributed by atoms with Crippen molar-refractivity contribution in [1.82, 2.24) is 29.4 Å². The second kappa shape index (κ2) is 9.76. The van der Waals surface area contributed by atoms with Gasteiger partial charge in [0.2, 0.25) is 0 Å². The standard InChI is InChI=1S/C27H32F3N7O2/c1-36(12-15-10-21(24(39)23(15)38)37-7-6-18-25(31)32-13-33-26(18)37)17-8-14(9-17)2-5-22-34-19-4-3-16(27(28,29)30)11-20(19)35-22/h3-4,6-7,11,13-15,17,21,23-24,38-39H,2,5,8-10,12H2,1H3,(H,34,35)(H2,31,32,33)/t14?,15?,17?,21-,23-,24+/m1/s1. The number of rotatable bonds is 7. The number of aromatic amines is 1. The third kappa shape index (κ3) is 4.85. The highest BCUT2D eigenvalue weighted by Gasteiger charge is 2.44. The number of hydrogen-bond acceptors (Lipinski definition) is 7. The first-order valence-electron chi connectivity index (χ1n) is 13.3. The Morgan fingerprint density at radius 2 is 1.92 bits per heavy atom. The molecule has 2 aliphatic carbocycles. The van der Waals surface area contributed by atoms with Crippen molar-refractivity contribution in [2.24, 2.45) is 11.8 Å². The number of benzene rings is 1. The van der Waals surface area contributed by atoms with Crippen LogP contribution in [0.2, 0.25) is 0 Å². The van der Waals surface area contributed by atoms with Crippen molar-refractivity contribution in [3.8, 4) is 0 Å². The van der Waals surface area contributed by atoms with Crippen LogP contribution in [-0.4, -0.2) is 71.5 Å². The number of H-pyrrole nitrogens is 1. The Labute approximate surface area is 222 Å². The van der Waals surface area contributed by atoms with Crippen LogP contribution in [0.5, 0.6) is 0 Å². The number of nitrogens with two attached hydrogens (primary N) is 1. The molecule has 0 saturated heterocycles. The number of nitrogen functional groups attached to an aromatic ring is 1. The Bertz CT molecular complexity index is 1480. The van der Waals surface area contributed by atoms with Gasteiger partial charge in [0, 0.05) is 31.1 Å². The van der Waals surface area contributed by atoms with Crippen LogP contribution in [0.4, 0.5) is 19.0 Å². The van der Waals surface area contributed by atoms with Crippen molar-refractivity contribution in [3.05, 3.63) is 48.2 Å². The van der Waals surface area contributed by atoms with Gasteiger partial charge in [-0.1, -0.05) is 0 Å². The van der Waals surface area contributed by atoms with Crippen LogP contribution in [0, 0.1) is 11.8 Å². The lowest BCUT2D eigenvalue weighted by atomic mass is 9.76. The number of halogens is 3. The van der Waals surface area contributed by atoms with Crippen molar-refractivity contribution in [3.63, 3.8) is 0 Å². The van der Waals surface area contributed by atoms with Gasteiger partial charge in [0.15, 0.2) is 0 Å². The van der Waals surface area contributed by atoms with E-state index in [2.05, 4.69) is 31.9 Å². The summed E-state index contributed by atoms with van der Waals surface area (Å²) in [5.41, 5.74) is 6.88. The first-order chi connectivity index (χ1) is 18.6. The molecule has 3 aromatic heterocycles. The lowest BCUT2D eigenvalue weighted by Gasteiger charge is -2.42. The minimum absolute atomic E-state index is 0.0807. The van der Waals surface area contributed by atoms with Gasteiger partial charge in [-0.15, -0.1) is 0 Å². The molecule has 9 nitrogen and oxygen atoms in total. The first-order valence-corrected chi connectivity index (χ1v) is 13.3. The molecule has 2 aliphatic rings. The normalized spacial score (nSPS) is 27.6. The highest BCUT2D eigenvalue weighted by molar-refractivity contribution is 5.86.